The van der Waals surface area contributed by atoms with Crippen LogP contribution in [-0.4, -0.2) is 33.3 Å². The molecule has 0 fully saturated rings. The van der Waals surface area contributed by atoms with Crippen LogP contribution >= 0.6 is 11.3 Å². The van der Waals surface area contributed by atoms with Crippen LogP contribution in [0, 0.1) is 18.7 Å². The van der Waals surface area contributed by atoms with E-state index in [4.69, 9.17) is 10.2 Å². The second-order valence-corrected chi connectivity index (χ2v) is 11.4. The summed E-state index contributed by atoms with van der Waals surface area (Å²) in [6.45, 7) is 6.53. The Morgan fingerprint density at radius 3 is 2.54 bits per heavy atom. The van der Waals surface area contributed by atoms with Crippen LogP contribution in [0.2, 0.25) is 0 Å². The van der Waals surface area contributed by atoms with Gasteiger partial charge in [0.1, 0.15) is 5.82 Å². The van der Waals surface area contributed by atoms with Crippen LogP contribution in [0.25, 0.3) is 31.4 Å². The zero-order valence-corrected chi connectivity index (χ0v) is 22.9. The summed E-state index contributed by atoms with van der Waals surface area (Å²) in [6, 6.07) is 18.7. The van der Waals surface area contributed by atoms with Crippen LogP contribution in [0.1, 0.15) is 54.2 Å². The summed E-state index contributed by atoms with van der Waals surface area (Å²) in [5, 5.41) is 18.2. The van der Waals surface area contributed by atoms with Gasteiger partial charge in [-0.05, 0) is 89.9 Å². The van der Waals surface area contributed by atoms with E-state index in [0.717, 1.165) is 49.0 Å². The summed E-state index contributed by atoms with van der Waals surface area (Å²) < 4.78 is 16.9. The lowest BCUT2D eigenvalue weighted by atomic mass is 9.95. The average molecular weight is 544 g/mol. The van der Waals surface area contributed by atoms with Gasteiger partial charge in [-0.1, -0.05) is 26.0 Å². The third kappa shape index (κ3) is 5.71. The summed E-state index contributed by atoms with van der Waals surface area (Å²) >= 11 is 1.65. The number of hydrogen-bond donors (Lipinski definition) is 2. The first-order valence-electron chi connectivity index (χ1n) is 13.0. The summed E-state index contributed by atoms with van der Waals surface area (Å²) in [5.41, 5.74) is 4.80. The number of nitrogens with one attached hydrogen (secondary N) is 1. The minimum atomic E-state index is -0.949. The van der Waals surface area contributed by atoms with E-state index in [1.54, 1.807) is 29.5 Å². The van der Waals surface area contributed by atoms with Gasteiger partial charge in [0.15, 0.2) is 0 Å². The van der Waals surface area contributed by atoms with Crippen molar-refractivity contribution in [2.45, 2.75) is 39.7 Å². The second-order valence-electron chi connectivity index (χ2n) is 10.3. The number of carbonyl (C=O) groups excluding carboxylic acids is 1. The molecule has 0 radical (unpaired) electrons. The first-order chi connectivity index (χ1) is 18.7. The average Bonchev–Trinajstić information content (AvgIpc) is 3.49. The van der Waals surface area contributed by atoms with Gasteiger partial charge < -0.3 is 10.4 Å². The van der Waals surface area contributed by atoms with Crippen molar-refractivity contribution in [1.82, 2.24) is 15.1 Å². The van der Waals surface area contributed by atoms with Crippen molar-refractivity contribution in [2.75, 3.05) is 6.54 Å². The molecule has 0 bridgehead atoms. The van der Waals surface area contributed by atoms with Gasteiger partial charge in [-0.25, -0.2) is 4.39 Å². The van der Waals surface area contributed by atoms with Gasteiger partial charge in [0.25, 0.3) is 5.91 Å². The van der Waals surface area contributed by atoms with Crippen molar-refractivity contribution in [2.24, 2.45) is 5.92 Å². The topological polar surface area (TPSA) is 84.2 Å². The van der Waals surface area contributed by atoms with E-state index in [1.807, 2.05) is 30.5 Å². The minimum absolute atomic E-state index is 0.0239. The molecular formula is C31H30FN3O3S. The zero-order valence-electron chi connectivity index (χ0n) is 22.1. The van der Waals surface area contributed by atoms with Gasteiger partial charge in [-0.3, -0.25) is 14.3 Å². The van der Waals surface area contributed by atoms with E-state index in [-0.39, 0.29) is 30.7 Å². The molecule has 0 spiro atoms. The number of thiophene rings is 1. The molecule has 1 atom stereocenters. The predicted octanol–water partition coefficient (Wildman–Crippen LogP) is 7.21. The Morgan fingerprint density at radius 2 is 1.82 bits per heavy atom. The van der Waals surface area contributed by atoms with Crippen molar-refractivity contribution < 1.29 is 19.1 Å². The number of carbonyl (C=O) groups is 2. The van der Waals surface area contributed by atoms with Gasteiger partial charge in [0.2, 0.25) is 0 Å². The molecule has 200 valence electrons. The predicted molar refractivity (Wildman–Crippen MR) is 154 cm³/mol. The monoisotopic (exact) mass is 543 g/mol. The maximum absolute atomic E-state index is 13.7. The number of aromatic nitrogens is 2. The third-order valence-corrected chi connectivity index (χ3v) is 8.01. The summed E-state index contributed by atoms with van der Waals surface area (Å²) in [6.07, 6.45) is 2.64. The summed E-state index contributed by atoms with van der Waals surface area (Å²) in [7, 11) is 0. The second kappa shape index (κ2) is 11.0. The van der Waals surface area contributed by atoms with Crippen LogP contribution in [0.3, 0.4) is 0 Å². The lowest BCUT2D eigenvalue weighted by Gasteiger charge is -2.22. The number of amides is 1. The van der Waals surface area contributed by atoms with Crippen LogP contribution in [0.5, 0.6) is 0 Å². The lowest BCUT2D eigenvalue weighted by Crippen LogP contribution is -2.26. The number of aliphatic carboxylic acids is 1. The van der Waals surface area contributed by atoms with E-state index >= 15 is 0 Å². The normalized spacial score (nSPS) is 12.3. The fourth-order valence-corrected chi connectivity index (χ4v) is 6.05. The van der Waals surface area contributed by atoms with Crippen LogP contribution in [0.4, 0.5) is 4.39 Å². The molecule has 5 rings (SSSR count). The zero-order chi connectivity index (χ0) is 27.7. The molecule has 8 heteroatoms. The van der Waals surface area contributed by atoms with E-state index in [2.05, 4.69) is 42.9 Å². The molecule has 2 aromatic heterocycles. The van der Waals surface area contributed by atoms with Gasteiger partial charge in [0.05, 0.1) is 24.2 Å². The number of benzene rings is 3. The Bertz CT molecular complexity index is 1670. The lowest BCUT2D eigenvalue weighted by molar-refractivity contribution is -0.136. The maximum atomic E-state index is 13.7. The number of carboxylic acid groups (broad SMARTS) is 1. The maximum Gasteiger partial charge on any atom is 0.305 e. The fourth-order valence-electron chi connectivity index (χ4n) is 4.92. The van der Waals surface area contributed by atoms with E-state index in [9.17, 15) is 14.0 Å². The summed E-state index contributed by atoms with van der Waals surface area (Å²) in [4.78, 5) is 24.2. The fraction of sp³-hybridized carbons (Fsp3) is 0.258. The van der Waals surface area contributed by atoms with E-state index < -0.39 is 5.97 Å². The Hall–Kier alpha value is -4.04. The Labute approximate surface area is 230 Å². The number of aryl methyl sites for hydroxylation is 1. The highest BCUT2D eigenvalue weighted by molar-refractivity contribution is 7.22. The van der Waals surface area contributed by atoms with Crippen molar-refractivity contribution in [3.8, 4) is 10.4 Å². The molecule has 1 unspecified atom stereocenters. The SMILES string of the molecule is Cc1cc2c(cnn2C(CC(C)C)c2ccc(C(=O)NCCC(=O)O)cc2)cc1-c1cc2cc(F)ccc2s1. The van der Waals surface area contributed by atoms with Crippen LogP contribution in [0.15, 0.2) is 66.9 Å². The summed E-state index contributed by atoms with van der Waals surface area (Å²) in [5.74, 6) is -1.06. The van der Waals surface area contributed by atoms with E-state index in [1.165, 1.54) is 6.07 Å². The van der Waals surface area contributed by atoms with Gasteiger partial charge in [-0.15, -0.1) is 11.3 Å². The largest absolute Gasteiger partial charge is 0.481 e. The highest BCUT2D eigenvalue weighted by Crippen LogP contribution is 2.38. The smallest absolute Gasteiger partial charge is 0.305 e. The van der Waals surface area contributed by atoms with Crippen LogP contribution < -0.4 is 5.32 Å². The number of hydrogen-bond acceptors (Lipinski definition) is 4. The van der Waals surface area contributed by atoms with Crippen molar-refractivity contribution in [1.29, 1.82) is 0 Å². The van der Waals surface area contributed by atoms with Crippen molar-refractivity contribution in [3.63, 3.8) is 0 Å². The van der Waals surface area contributed by atoms with Gasteiger partial charge in [-0.2, -0.15) is 5.10 Å². The molecule has 0 saturated carbocycles. The molecule has 2 heterocycles. The number of halogens is 1. The van der Waals surface area contributed by atoms with Crippen molar-refractivity contribution >= 4 is 44.2 Å². The molecule has 2 N–H and O–H groups in total. The number of rotatable bonds is 9. The first kappa shape index (κ1) is 26.6. The number of nitrogens with zero attached hydrogens (tertiary/aromatic N) is 2. The molecule has 1 amide bonds. The number of carboxylic acids is 1. The highest BCUT2D eigenvalue weighted by atomic mass is 32.1. The third-order valence-electron chi connectivity index (χ3n) is 6.86. The Morgan fingerprint density at radius 1 is 1.05 bits per heavy atom. The molecular weight excluding hydrogens is 513 g/mol. The van der Waals surface area contributed by atoms with Gasteiger partial charge in [0, 0.05) is 27.1 Å². The quantitative estimate of drug-likeness (QED) is 0.206. The molecule has 5 aromatic rings. The molecule has 0 saturated heterocycles. The standard InChI is InChI=1S/C31H30FN3O3S/c1-18(2)12-26(20-4-6-21(7-5-20)31(38)33-11-10-30(36)37)35-27-13-19(3)25(15-23(27)17-34-35)29-16-22-14-24(32)8-9-28(22)39-29/h4-9,13-18,26H,10-12H2,1-3H3,(H,33,38)(H,36,37). The molecule has 0 aliphatic carbocycles. The molecule has 0 aliphatic heterocycles. The van der Waals surface area contributed by atoms with Crippen molar-refractivity contribution in [3.05, 3.63) is 89.4 Å². The van der Waals surface area contributed by atoms with Gasteiger partial charge >= 0.3 is 5.97 Å². The molecule has 3 aromatic carbocycles. The van der Waals surface area contributed by atoms with Crippen LogP contribution in [-0.2, 0) is 4.79 Å². The Balaban J connectivity index is 1.46. The number of fused-ring (bicyclic) bond motifs is 2. The first-order valence-corrected chi connectivity index (χ1v) is 13.8. The minimum Gasteiger partial charge on any atom is -0.481 e. The molecule has 6 nitrogen and oxygen atoms in total. The molecule has 39 heavy (non-hydrogen) atoms. The molecule has 0 aliphatic rings. The highest BCUT2D eigenvalue weighted by Gasteiger charge is 2.21. The van der Waals surface area contributed by atoms with E-state index in [0.29, 0.717) is 11.5 Å². The Kier molecular flexibility index (Phi) is 7.48.